The molecular formula is C9H12N2. The summed E-state index contributed by atoms with van der Waals surface area (Å²) < 4.78 is 0. The minimum Gasteiger partial charge on any atom is -0.257 e. The van der Waals surface area contributed by atoms with Gasteiger partial charge in [-0.05, 0) is 19.4 Å². The fourth-order valence-electron chi connectivity index (χ4n) is 0.947. The van der Waals surface area contributed by atoms with Gasteiger partial charge in [0, 0.05) is 12.4 Å². The van der Waals surface area contributed by atoms with Crippen molar-refractivity contribution in [3.8, 4) is 0 Å². The Hall–Kier alpha value is -1.18. The first-order valence-corrected chi connectivity index (χ1v) is 3.81. The van der Waals surface area contributed by atoms with Gasteiger partial charge in [0.2, 0.25) is 0 Å². The van der Waals surface area contributed by atoms with E-state index in [1.165, 1.54) is 0 Å². The van der Waals surface area contributed by atoms with E-state index in [0.29, 0.717) is 0 Å². The molecule has 11 heavy (non-hydrogen) atoms. The van der Waals surface area contributed by atoms with Gasteiger partial charge >= 0.3 is 0 Å². The summed E-state index contributed by atoms with van der Waals surface area (Å²) in [6, 6.07) is 0. The zero-order valence-electron chi connectivity index (χ0n) is 6.91. The number of hydrogen-bond donors (Lipinski definition) is 0. The third-order valence-corrected chi connectivity index (χ3v) is 1.47. The van der Waals surface area contributed by atoms with Crippen LogP contribution in [-0.4, -0.2) is 9.97 Å². The van der Waals surface area contributed by atoms with Crippen LogP contribution in [0.25, 0.3) is 6.08 Å². The monoisotopic (exact) mass is 148 g/mol. The van der Waals surface area contributed by atoms with Crippen molar-refractivity contribution in [1.29, 1.82) is 0 Å². The summed E-state index contributed by atoms with van der Waals surface area (Å²) in [5.41, 5.74) is 2.04. The van der Waals surface area contributed by atoms with Crippen LogP contribution in [0.3, 0.4) is 0 Å². The van der Waals surface area contributed by atoms with Crippen LogP contribution in [0.15, 0.2) is 18.5 Å². The van der Waals surface area contributed by atoms with E-state index in [4.69, 9.17) is 0 Å². The van der Waals surface area contributed by atoms with E-state index >= 15 is 0 Å². The summed E-state index contributed by atoms with van der Waals surface area (Å²) in [6.07, 6.45) is 8.34. The molecule has 0 fully saturated rings. The van der Waals surface area contributed by atoms with Crippen molar-refractivity contribution < 1.29 is 0 Å². The largest absolute Gasteiger partial charge is 0.257 e. The Morgan fingerprint density at radius 1 is 1.36 bits per heavy atom. The molecule has 1 heterocycles. The first-order valence-electron chi connectivity index (χ1n) is 3.81. The second-order valence-corrected chi connectivity index (χ2v) is 2.24. The van der Waals surface area contributed by atoms with E-state index in [1.807, 2.05) is 19.1 Å². The van der Waals surface area contributed by atoms with Crippen molar-refractivity contribution in [2.24, 2.45) is 0 Å². The molecule has 0 bridgehead atoms. The molecule has 0 N–H and O–H groups in total. The molecule has 0 atom stereocenters. The molecule has 0 aliphatic carbocycles. The fourth-order valence-corrected chi connectivity index (χ4v) is 0.947. The van der Waals surface area contributed by atoms with E-state index in [9.17, 15) is 0 Å². The van der Waals surface area contributed by atoms with Crippen molar-refractivity contribution in [3.05, 3.63) is 29.9 Å². The van der Waals surface area contributed by atoms with Crippen molar-refractivity contribution >= 4 is 6.08 Å². The van der Waals surface area contributed by atoms with Crippen LogP contribution in [0.1, 0.15) is 25.2 Å². The van der Waals surface area contributed by atoms with Crippen LogP contribution in [0.2, 0.25) is 0 Å². The zero-order valence-corrected chi connectivity index (χ0v) is 6.91. The summed E-state index contributed by atoms with van der Waals surface area (Å²) >= 11 is 0. The lowest BCUT2D eigenvalue weighted by molar-refractivity contribution is 0.988. The van der Waals surface area contributed by atoms with Gasteiger partial charge in [0.05, 0.1) is 11.4 Å². The van der Waals surface area contributed by atoms with E-state index in [0.717, 1.165) is 17.8 Å². The lowest BCUT2D eigenvalue weighted by Gasteiger charge is -1.98. The topological polar surface area (TPSA) is 25.8 Å². The Bertz CT molecular complexity index is 253. The minimum atomic E-state index is 0.938. The summed E-state index contributed by atoms with van der Waals surface area (Å²) in [6.45, 7) is 4.06. The van der Waals surface area contributed by atoms with Crippen LogP contribution in [-0.2, 0) is 6.42 Å². The van der Waals surface area contributed by atoms with Crippen molar-refractivity contribution in [2.75, 3.05) is 0 Å². The Labute approximate surface area is 67.0 Å². The van der Waals surface area contributed by atoms with Gasteiger partial charge in [-0.3, -0.25) is 9.97 Å². The number of nitrogens with zero attached hydrogens (tertiary/aromatic N) is 2. The van der Waals surface area contributed by atoms with E-state index in [2.05, 4.69) is 16.9 Å². The Kier molecular flexibility index (Phi) is 2.78. The molecule has 0 radical (unpaired) electrons. The summed E-state index contributed by atoms with van der Waals surface area (Å²) in [4.78, 5) is 8.39. The predicted molar refractivity (Wildman–Crippen MR) is 46.1 cm³/mol. The lowest BCUT2D eigenvalue weighted by atomic mass is 10.2. The molecule has 2 nitrogen and oxygen atoms in total. The van der Waals surface area contributed by atoms with Crippen LogP contribution in [0.5, 0.6) is 0 Å². The average Bonchev–Trinajstić information content (AvgIpc) is 2.06. The molecule has 0 aliphatic heterocycles. The molecule has 1 rings (SSSR count). The molecule has 1 aromatic rings. The molecule has 0 saturated carbocycles. The van der Waals surface area contributed by atoms with Gasteiger partial charge < -0.3 is 0 Å². The first kappa shape index (κ1) is 7.92. The molecular weight excluding hydrogens is 136 g/mol. The molecule has 0 aromatic carbocycles. The lowest BCUT2D eigenvalue weighted by Crippen LogP contribution is -1.93. The Balaban J connectivity index is 3.02. The van der Waals surface area contributed by atoms with Gasteiger partial charge in [-0.25, -0.2) is 0 Å². The molecule has 0 amide bonds. The Morgan fingerprint density at radius 2 is 2.09 bits per heavy atom. The number of hydrogen-bond acceptors (Lipinski definition) is 2. The van der Waals surface area contributed by atoms with Gasteiger partial charge in [-0.1, -0.05) is 13.0 Å². The summed E-state index contributed by atoms with van der Waals surface area (Å²) in [7, 11) is 0. The zero-order chi connectivity index (χ0) is 8.10. The maximum absolute atomic E-state index is 4.20. The van der Waals surface area contributed by atoms with Crippen LogP contribution in [0, 0.1) is 0 Å². The standard InChI is InChI=1S/C9H12N2/c1-3-5-9-8(4-2)10-6-7-11-9/h3,5-7H,4H2,1-2H3/b5-3-. The molecule has 0 aliphatic rings. The van der Waals surface area contributed by atoms with Gasteiger partial charge in [-0.15, -0.1) is 0 Å². The number of aryl methyl sites for hydroxylation is 1. The van der Waals surface area contributed by atoms with Crippen LogP contribution < -0.4 is 0 Å². The molecule has 0 spiro atoms. The maximum atomic E-state index is 4.20. The third kappa shape index (κ3) is 1.87. The van der Waals surface area contributed by atoms with Crippen molar-refractivity contribution in [3.63, 3.8) is 0 Å². The van der Waals surface area contributed by atoms with E-state index < -0.39 is 0 Å². The van der Waals surface area contributed by atoms with Gasteiger partial charge in [0.15, 0.2) is 0 Å². The van der Waals surface area contributed by atoms with Gasteiger partial charge in [0.25, 0.3) is 0 Å². The van der Waals surface area contributed by atoms with Crippen molar-refractivity contribution in [2.45, 2.75) is 20.3 Å². The molecule has 58 valence electrons. The highest BCUT2D eigenvalue weighted by Crippen LogP contribution is 2.03. The number of rotatable bonds is 2. The van der Waals surface area contributed by atoms with E-state index in [1.54, 1.807) is 12.4 Å². The fraction of sp³-hybridized carbons (Fsp3) is 0.333. The second kappa shape index (κ2) is 3.86. The highest BCUT2D eigenvalue weighted by molar-refractivity contribution is 5.46. The molecule has 0 unspecified atom stereocenters. The molecule has 0 saturated heterocycles. The van der Waals surface area contributed by atoms with E-state index in [-0.39, 0.29) is 0 Å². The smallest absolute Gasteiger partial charge is 0.0841 e. The average molecular weight is 148 g/mol. The number of allylic oxidation sites excluding steroid dienone is 1. The van der Waals surface area contributed by atoms with Gasteiger partial charge in [0.1, 0.15) is 0 Å². The normalized spacial score (nSPS) is 10.7. The van der Waals surface area contributed by atoms with Gasteiger partial charge in [-0.2, -0.15) is 0 Å². The minimum absolute atomic E-state index is 0.938. The van der Waals surface area contributed by atoms with Crippen LogP contribution >= 0.6 is 0 Å². The summed E-state index contributed by atoms with van der Waals surface area (Å²) in [5, 5.41) is 0. The van der Waals surface area contributed by atoms with Crippen LogP contribution in [0.4, 0.5) is 0 Å². The SMILES string of the molecule is C/C=C\c1nccnc1CC. The highest BCUT2D eigenvalue weighted by atomic mass is 14.8. The molecule has 1 aromatic heterocycles. The quantitative estimate of drug-likeness (QED) is 0.641. The van der Waals surface area contributed by atoms with Crippen molar-refractivity contribution in [1.82, 2.24) is 9.97 Å². The molecule has 2 heteroatoms. The first-order chi connectivity index (χ1) is 5.38. The predicted octanol–water partition coefficient (Wildman–Crippen LogP) is 2.07. The third-order valence-electron chi connectivity index (χ3n) is 1.47. The highest BCUT2D eigenvalue weighted by Gasteiger charge is 1.96. The Morgan fingerprint density at radius 3 is 2.73 bits per heavy atom. The number of aromatic nitrogens is 2. The summed E-state index contributed by atoms with van der Waals surface area (Å²) in [5.74, 6) is 0. The second-order valence-electron chi connectivity index (χ2n) is 2.24. The maximum Gasteiger partial charge on any atom is 0.0841 e.